The van der Waals surface area contributed by atoms with Gasteiger partial charge in [0.1, 0.15) is 12.2 Å². The van der Waals surface area contributed by atoms with Crippen LogP contribution in [0.15, 0.2) is 53.6 Å². The van der Waals surface area contributed by atoms with Crippen molar-refractivity contribution in [3.63, 3.8) is 0 Å². The zero-order chi connectivity index (χ0) is 25.2. The van der Waals surface area contributed by atoms with Crippen molar-refractivity contribution in [1.29, 1.82) is 0 Å². The number of anilines is 1. The summed E-state index contributed by atoms with van der Waals surface area (Å²) in [6.07, 6.45) is 3.11. The molecule has 4 rings (SSSR count). The third-order valence-corrected chi connectivity index (χ3v) is 7.42. The number of nitrogens with two attached hydrogens (primary N) is 1. The number of amides is 1. The lowest BCUT2D eigenvalue weighted by molar-refractivity contribution is -0.123. The number of carbonyl (C=O) groups is 1. The quantitative estimate of drug-likeness (QED) is 0.406. The Bertz CT molecular complexity index is 1370. The highest BCUT2D eigenvalue weighted by molar-refractivity contribution is 7.91. The van der Waals surface area contributed by atoms with E-state index in [-0.39, 0.29) is 42.5 Å². The first-order valence-electron chi connectivity index (χ1n) is 11.4. The number of benzene rings is 1. The fourth-order valence-electron chi connectivity index (χ4n) is 4.15. The Morgan fingerprint density at radius 1 is 1.14 bits per heavy atom. The monoisotopic (exact) mass is 498 g/mol. The van der Waals surface area contributed by atoms with Gasteiger partial charge in [0.2, 0.25) is 15.9 Å². The third kappa shape index (κ3) is 5.98. The lowest BCUT2D eigenvalue weighted by atomic mass is 9.88. The van der Waals surface area contributed by atoms with Crippen LogP contribution in [0.5, 0.6) is 0 Å². The van der Waals surface area contributed by atoms with Crippen LogP contribution >= 0.6 is 0 Å². The van der Waals surface area contributed by atoms with E-state index in [2.05, 4.69) is 15.0 Å². The molecule has 4 N–H and O–H groups in total. The standard InChI is InChI=1S/C24H30N6O4S/c1-16-8-9-21(28-35(33,34)14-18-6-4-3-5-7-18)24(32)30(16)12-22-17(2)26-15-29(22)13-23(31)27-20-10-19(25)11-20/h3-9,15,19-20,28H,10-14,25H2,1-2H3,(H,27,31). The lowest BCUT2D eigenvalue weighted by Crippen LogP contribution is -2.51. The Morgan fingerprint density at radius 2 is 1.86 bits per heavy atom. The van der Waals surface area contributed by atoms with E-state index in [1.54, 1.807) is 54.2 Å². The summed E-state index contributed by atoms with van der Waals surface area (Å²) in [5, 5.41) is 2.96. The molecule has 0 saturated heterocycles. The fourth-order valence-corrected chi connectivity index (χ4v) is 5.34. The van der Waals surface area contributed by atoms with E-state index in [0.717, 1.165) is 12.8 Å². The number of rotatable bonds is 9. The van der Waals surface area contributed by atoms with Crippen molar-refractivity contribution in [3.8, 4) is 0 Å². The summed E-state index contributed by atoms with van der Waals surface area (Å²) in [5.74, 6) is -0.388. The van der Waals surface area contributed by atoms with E-state index in [9.17, 15) is 18.0 Å². The maximum Gasteiger partial charge on any atom is 0.275 e. The molecule has 0 atom stereocenters. The number of carbonyl (C=O) groups excluding carboxylic acids is 1. The number of sulfonamides is 1. The van der Waals surface area contributed by atoms with E-state index < -0.39 is 15.6 Å². The molecule has 11 heteroatoms. The average molecular weight is 499 g/mol. The fraction of sp³-hybridized carbons (Fsp3) is 0.375. The zero-order valence-electron chi connectivity index (χ0n) is 19.8. The number of aromatic nitrogens is 3. The number of nitrogens with zero attached hydrogens (tertiary/aromatic N) is 3. The van der Waals surface area contributed by atoms with Crippen LogP contribution in [0.1, 0.15) is 35.5 Å². The molecule has 1 aliphatic carbocycles. The van der Waals surface area contributed by atoms with Crippen LogP contribution in [0.25, 0.3) is 0 Å². The normalized spacial score (nSPS) is 17.6. The van der Waals surface area contributed by atoms with Gasteiger partial charge in [0.15, 0.2) is 0 Å². The van der Waals surface area contributed by atoms with Gasteiger partial charge in [-0.1, -0.05) is 30.3 Å². The first-order chi connectivity index (χ1) is 16.6. The molecule has 0 radical (unpaired) electrons. The van der Waals surface area contributed by atoms with Gasteiger partial charge in [-0.15, -0.1) is 0 Å². The van der Waals surface area contributed by atoms with Gasteiger partial charge in [-0.25, -0.2) is 13.4 Å². The van der Waals surface area contributed by atoms with Crippen molar-refractivity contribution in [3.05, 3.63) is 81.8 Å². The molecule has 2 aromatic heterocycles. The predicted octanol–water partition coefficient (Wildman–Crippen LogP) is 1.26. The maximum atomic E-state index is 13.2. The minimum Gasteiger partial charge on any atom is -0.352 e. The molecule has 10 nitrogen and oxygen atoms in total. The summed E-state index contributed by atoms with van der Waals surface area (Å²) in [7, 11) is -3.79. The molecule has 0 spiro atoms. The molecule has 2 heterocycles. The van der Waals surface area contributed by atoms with Crippen LogP contribution in [-0.4, -0.2) is 40.5 Å². The molecule has 1 amide bonds. The van der Waals surface area contributed by atoms with Gasteiger partial charge in [-0.3, -0.25) is 14.3 Å². The Kier molecular flexibility index (Phi) is 7.08. The summed E-state index contributed by atoms with van der Waals surface area (Å²) in [6.45, 7) is 3.79. The van der Waals surface area contributed by atoms with Crippen molar-refractivity contribution >= 4 is 21.6 Å². The summed E-state index contributed by atoms with van der Waals surface area (Å²) in [4.78, 5) is 30.0. The Labute approximate surface area is 204 Å². The van der Waals surface area contributed by atoms with Gasteiger partial charge in [0.05, 0.1) is 30.0 Å². The topological polar surface area (TPSA) is 141 Å². The largest absolute Gasteiger partial charge is 0.352 e. The van der Waals surface area contributed by atoms with Gasteiger partial charge in [-0.05, 0) is 44.4 Å². The molecule has 35 heavy (non-hydrogen) atoms. The van der Waals surface area contributed by atoms with Gasteiger partial charge in [0, 0.05) is 17.8 Å². The minimum atomic E-state index is -3.79. The second-order valence-electron chi connectivity index (χ2n) is 9.03. The number of imidazole rings is 1. The lowest BCUT2D eigenvalue weighted by Gasteiger charge is -2.33. The minimum absolute atomic E-state index is 0.0330. The van der Waals surface area contributed by atoms with Crippen LogP contribution in [0.3, 0.4) is 0 Å². The van der Waals surface area contributed by atoms with Crippen LogP contribution < -0.4 is 21.3 Å². The van der Waals surface area contributed by atoms with Gasteiger partial charge in [-0.2, -0.15) is 0 Å². The van der Waals surface area contributed by atoms with E-state index in [4.69, 9.17) is 5.73 Å². The van der Waals surface area contributed by atoms with Crippen LogP contribution in [0.2, 0.25) is 0 Å². The highest BCUT2D eigenvalue weighted by Gasteiger charge is 2.27. The van der Waals surface area contributed by atoms with E-state index in [1.165, 1.54) is 10.6 Å². The predicted molar refractivity (Wildman–Crippen MR) is 133 cm³/mol. The van der Waals surface area contributed by atoms with Gasteiger partial charge < -0.3 is 20.2 Å². The average Bonchev–Trinajstić information content (AvgIpc) is 3.11. The second-order valence-corrected chi connectivity index (χ2v) is 10.7. The van der Waals surface area contributed by atoms with Crippen LogP contribution in [0.4, 0.5) is 5.69 Å². The van der Waals surface area contributed by atoms with E-state index in [1.807, 2.05) is 6.92 Å². The number of pyridine rings is 1. The molecule has 3 aromatic rings. The SMILES string of the molecule is Cc1ncn(CC(=O)NC2CC(N)C2)c1Cn1c(C)ccc(NS(=O)(=O)Cc2ccccc2)c1=O. The van der Waals surface area contributed by atoms with Gasteiger partial charge >= 0.3 is 0 Å². The summed E-state index contributed by atoms with van der Waals surface area (Å²) in [6, 6.07) is 12.1. The maximum absolute atomic E-state index is 13.2. The Balaban J connectivity index is 1.52. The van der Waals surface area contributed by atoms with Crippen molar-refractivity contribution in [1.82, 2.24) is 19.4 Å². The number of nitrogens with one attached hydrogen (secondary N) is 2. The smallest absolute Gasteiger partial charge is 0.275 e. The molecule has 186 valence electrons. The molecule has 0 bridgehead atoms. The first kappa shape index (κ1) is 24.7. The first-order valence-corrected chi connectivity index (χ1v) is 13.1. The van der Waals surface area contributed by atoms with Crippen molar-refractivity contribution in [2.24, 2.45) is 5.73 Å². The molecule has 1 aliphatic rings. The van der Waals surface area contributed by atoms with E-state index >= 15 is 0 Å². The third-order valence-electron chi connectivity index (χ3n) is 6.17. The Morgan fingerprint density at radius 3 is 2.54 bits per heavy atom. The molecular weight excluding hydrogens is 468 g/mol. The number of hydrogen-bond acceptors (Lipinski definition) is 6. The van der Waals surface area contributed by atoms with Crippen molar-refractivity contribution in [2.75, 3.05) is 4.72 Å². The highest BCUT2D eigenvalue weighted by atomic mass is 32.2. The highest BCUT2D eigenvalue weighted by Crippen LogP contribution is 2.18. The molecule has 1 saturated carbocycles. The summed E-state index contributed by atoms with van der Waals surface area (Å²) in [5.41, 5.74) is 7.94. The number of aryl methyl sites for hydroxylation is 2. The van der Waals surface area contributed by atoms with E-state index in [0.29, 0.717) is 22.6 Å². The van der Waals surface area contributed by atoms with Crippen molar-refractivity contribution < 1.29 is 13.2 Å². The molecule has 1 fully saturated rings. The van der Waals surface area contributed by atoms with Gasteiger partial charge in [0.25, 0.3) is 5.56 Å². The molecule has 0 unspecified atom stereocenters. The molecular formula is C24H30N6O4S. The zero-order valence-corrected chi connectivity index (χ0v) is 20.6. The van der Waals surface area contributed by atoms with Crippen LogP contribution in [-0.2, 0) is 33.7 Å². The molecule has 1 aromatic carbocycles. The molecule has 0 aliphatic heterocycles. The van der Waals surface area contributed by atoms with Crippen molar-refractivity contribution in [2.45, 2.75) is 57.6 Å². The second kappa shape index (κ2) is 10.0. The number of hydrogen-bond donors (Lipinski definition) is 3. The summed E-state index contributed by atoms with van der Waals surface area (Å²) < 4.78 is 31.0. The summed E-state index contributed by atoms with van der Waals surface area (Å²) >= 11 is 0. The van der Waals surface area contributed by atoms with Crippen LogP contribution in [0, 0.1) is 13.8 Å². The Hall–Kier alpha value is -3.44.